The quantitative estimate of drug-likeness (QED) is 0.748. The summed E-state index contributed by atoms with van der Waals surface area (Å²) >= 11 is 1.63. The Hall–Kier alpha value is -1.39. The van der Waals surface area contributed by atoms with Crippen molar-refractivity contribution in [2.24, 2.45) is 5.73 Å². The lowest BCUT2D eigenvalue weighted by atomic mass is 9.87. The van der Waals surface area contributed by atoms with Crippen LogP contribution in [-0.4, -0.2) is 12.1 Å². The van der Waals surface area contributed by atoms with Gasteiger partial charge in [0.05, 0.1) is 12.8 Å². The van der Waals surface area contributed by atoms with Gasteiger partial charge in [0.15, 0.2) is 0 Å². The summed E-state index contributed by atoms with van der Waals surface area (Å²) in [5, 5.41) is 3.08. The maximum absolute atomic E-state index is 5.80. The molecule has 2 aromatic rings. The van der Waals surface area contributed by atoms with Gasteiger partial charge >= 0.3 is 0 Å². The fourth-order valence-electron chi connectivity index (χ4n) is 2.77. The molecule has 0 radical (unpaired) electrons. The predicted molar refractivity (Wildman–Crippen MR) is 99.4 cm³/mol. The maximum atomic E-state index is 5.80. The third-order valence-corrected chi connectivity index (χ3v) is 5.53. The van der Waals surface area contributed by atoms with Crippen LogP contribution in [0.5, 0.6) is 5.75 Å². The average Bonchev–Trinajstić information content (AvgIpc) is 3.08. The van der Waals surface area contributed by atoms with Gasteiger partial charge in [0.25, 0.3) is 0 Å². The van der Waals surface area contributed by atoms with Gasteiger partial charge in [-0.25, -0.2) is 4.98 Å². The molecule has 1 aromatic heterocycles. The Kier molecular flexibility index (Phi) is 6.19. The molecule has 0 spiro atoms. The van der Waals surface area contributed by atoms with Crippen LogP contribution in [0.2, 0.25) is 0 Å². The molecule has 0 fully saturated rings. The molecule has 0 aliphatic heterocycles. The summed E-state index contributed by atoms with van der Waals surface area (Å²) in [6.45, 7) is 9.45. The molecule has 126 valence electrons. The summed E-state index contributed by atoms with van der Waals surface area (Å²) in [6, 6.07) is 4.49. The minimum atomic E-state index is 0.459. The molecule has 3 nitrogen and oxygen atoms in total. The van der Waals surface area contributed by atoms with E-state index in [0.717, 1.165) is 29.3 Å². The van der Waals surface area contributed by atoms with Crippen molar-refractivity contribution in [1.29, 1.82) is 0 Å². The lowest BCUT2D eigenvalue weighted by Crippen LogP contribution is -2.04. The second-order valence-corrected chi connectivity index (χ2v) is 7.08. The predicted octanol–water partition coefficient (Wildman–Crippen LogP) is 5.30. The molecule has 2 unspecified atom stereocenters. The minimum Gasteiger partial charge on any atom is -0.496 e. The zero-order chi connectivity index (χ0) is 17.0. The normalized spacial score (nSPS) is 13.8. The number of hydrogen-bond donors (Lipinski definition) is 1. The van der Waals surface area contributed by atoms with Gasteiger partial charge in [-0.2, -0.15) is 0 Å². The monoisotopic (exact) mass is 332 g/mol. The molecule has 0 aliphatic carbocycles. The highest BCUT2D eigenvalue weighted by atomic mass is 32.1. The topological polar surface area (TPSA) is 48.1 Å². The Labute approximate surface area is 143 Å². The van der Waals surface area contributed by atoms with Crippen molar-refractivity contribution in [3.8, 4) is 17.0 Å². The van der Waals surface area contributed by atoms with E-state index in [4.69, 9.17) is 10.5 Å². The summed E-state index contributed by atoms with van der Waals surface area (Å²) in [5.41, 5.74) is 10.5. The molecule has 0 bridgehead atoms. The Balaban J connectivity index is 2.63. The van der Waals surface area contributed by atoms with E-state index in [1.165, 1.54) is 16.7 Å². The first-order chi connectivity index (χ1) is 11.0. The van der Waals surface area contributed by atoms with E-state index in [9.17, 15) is 0 Å². The van der Waals surface area contributed by atoms with Gasteiger partial charge < -0.3 is 10.5 Å². The summed E-state index contributed by atoms with van der Waals surface area (Å²) in [7, 11) is 1.78. The molecule has 23 heavy (non-hydrogen) atoms. The van der Waals surface area contributed by atoms with E-state index in [-0.39, 0.29) is 0 Å². The standard InChI is InChI=1S/C19H28N2OS/c1-6-12(3)15-8-14(17-11-23-18(10-20)21-17)9-16(13(4)7-2)19(15)22-5/h8-9,11-13H,6-7,10,20H2,1-5H3. The molecule has 0 amide bonds. The van der Waals surface area contributed by atoms with Gasteiger partial charge in [-0.1, -0.05) is 27.7 Å². The molecule has 0 saturated heterocycles. The van der Waals surface area contributed by atoms with Crippen LogP contribution in [0.15, 0.2) is 17.5 Å². The van der Waals surface area contributed by atoms with E-state index >= 15 is 0 Å². The van der Waals surface area contributed by atoms with E-state index in [2.05, 4.69) is 50.2 Å². The van der Waals surface area contributed by atoms with E-state index in [1.807, 2.05) is 0 Å². The molecular formula is C19H28N2OS. The number of benzene rings is 1. The number of nitrogens with two attached hydrogens (primary N) is 1. The number of ether oxygens (including phenoxy) is 1. The van der Waals surface area contributed by atoms with Crippen molar-refractivity contribution in [1.82, 2.24) is 4.98 Å². The first kappa shape index (κ1) is 18.0. The van der Waals surface area contributed by atoms with Crippen LogP contribution in [0.1, 0.15) is 68.5 Å². The van der Waals surface area contributed by atoms with Crippen molar-refractivity contribution in [3.63, 3.8) is 0 Å². The molecule has 2 atom stereocenters. The third-order valence-electron chi connectivity index (χ3n) is 4.66. The molecule has 0 aliphatic rings. The smallest absolute Gasteiger partial charge is 0.125 e. The summed E-state index contributed by atoms with van der Waals surface area (Å²) < 4.78 is 5.80. The first-order valence-electron chi connectivity index (χ1n) is 8.42. The van der Waals surface area contributed by atoms with Crippen LogP contribution < -0.4 is 10.5 Å². The highest BCUT2D eigenvalue weighted by Gasteiger charge is 2.20. The highest BCUT2D eigenvalue weighted by molar-refractivity contribution is 7.09. The molecule has 0 saturated carbocycles. The zero-order valence-corrected chi connectivity index (χ0v) is 15.7. The molecule has 2 N–H and O–H groups in total. The van der Waals surface area contributed by atoms with Gasteiger partial charge in [-0.3, -0.25) is 0 Å². The highest BCUT2D eigenvalue weighted by Crippen LogP contribution is 2.40. The summed E-state index contributed by atoms with van der Waals surface area (Å²) in [5.74, 6) is 1.97. The minimum absolute atomic E-state index is 0.459. The van der Waals surface area contributed by atoms with Crippen molar-refractivity contribution >= 4 is 11.3 Å². The van der Waals surface area contributed by atoms with Crippen molar-refractivity contribution in [2.75, 3.05) is 7.11 Å². The number of aromatic nitrogens is 1. The summed E-state index contributed by atoms with van der Waals surface area (Å²) in [6.07, 6.45) is 2.18. The second kappa shape index (κ2) is 7.93. The number of methoxy groups -OCH3 is 1. The van der Waals surface area contributed by atoms with Crippen molar-refractivity contribution in [3.05, 3.63) is 33.6 Å². The molecular weight excluding hydrogens is 304 g/mol. The van der Waals surface area contributed by atoms with Crippen LogP contribution >= 0.6 is 11.3 Å². The van der Waals surface area contributed by atoms with Crippen LogP contribution in [0.4, 0.5) is 0 Å². The van der Waals surface area contributed by atoms with Gasteiger partial charge in [-0.15, -0.1) is 11.3 Å². The van der Waals surface area contributed by atoms with Gasteiger partial charge in [0.2, 0.25) is 0 Å². The van der Waals surface area contributed by atoms with Crippen LogP contribution in [0, 0.1) is 0 Å². The SMILES string of the molecule is CCC(C)c1cc(-c2csc(CN)n2)cc(C(C)CC)c1OC. The van der Waals surface area contributed by atoms with E-state index < -0.39 is 0 Å². The fraction of sp³-hybridized carbons (Fsp3) is 0.526. The number of thiazole rings is 1. The molecule has 1 heterocycles. The average molecular weight is 333 g/mol. The lowest BCUT2D eigenvalue weighted by molar-refractivity contribution is 0.397. The van der Waals surface area contributed by atoms with Gasteiger partial charge in [0, 0.05) is 17.5 Å². The molecule has 1 aromatic carbocycles. The van der Waals surface area contributed by atoms with Gasteiger partial charge in [0.1, 0.15) is 10.8 Å². The number of hydrogen-bond acceptors (Lipinski definition) is 4. The van der Waals surface area contributed by atoms with Crippen molar-refractivity contribution in [2.45, 2.75) is 58.9 Å². The fourth-order valence-corrected chi connectivity index (χ4v) is 3.45. The van der Waals surface area contributed by atoms with Crippen LogP contribution in [0.25, 0.3) is 11.3 Å². The Morgan fingerprint density at radius 1 is 1.13 bits per heavy atom. The lowest BCUT2D eigenvalue weighted by Gasteiger charge is -2.22. The van der Waals surface area contributed by atoms with Crippen LogP contribution in [0.3, 0.4) is 0 Å². The number of rotatable bonds is 7. The van der Waals surface area contributed by atoms with E-state index in [0.29, 0.717) is 18.4 Å². The molecule has 2 rings (SSSR count). The third kappa shape index (κ3) is 3.75. The number of nitrogens with zero attached hydrogens (tertiary/aromatic N) is 1. The summed E-state index contributed by atoms with van der Waals surface area (Å²) in [4.78, 5) is 4.66. The first-order valence-corrected chi connectivity index (χ1v) is 9.30. The van der Waals surface area contributed by atoms with Gasteiger partial charge in [-0.05, 0) is 47.9 Å². The Morgan fingerprint density at radius 2 is 1.70 bits per heavy atom. The Morgan fingerprint density at radius 3 is 2.09 bits per heavy atom. The Bertz CT molecular complexity index is 620. The van der Waals surface area contributed by atoms with Crippen LogP contribution in [-0.2, 0) is 6.54 Å². The van der Waals surface area contributed by atoms with Crippen molar-refractivity contribution < 1.29 is 4.74 Å². The zero-order valence-electron chi connectivity index (χ0n) is 14.8. The van der Waals surface area contributed by atoms with E-state index in [1.54, 1.807) is 18.4 Å². The molecule has 4 heteroatoms. The second-order valence-electron chi connectivity index (χ2n) is 6.14. The largest absolute Gasteiger partial charge is 0.496 e. The maximum Gasteiger partial charge on any atom is 0.125 e.